The number of aliphatic carboxylic acids is 1. The predicted molar refractivity (Wildman–Crippen MR) is 135 cm³/mol. The van der Waals surface area contributed by atoms with Crippen molar-refractivity contribution in [2.24, 2.45) is 4.99 Å². The summed E-state index contributed by atoms with van der Waals surface area (Å²) in [6.07, 6.45) is 1.53. The maximum Gasteiger partial charge on any atom is 1.00 e. The Hall–Kier alpha value is -1.85. The van der Waals surface area contributed by atoms with Crippen LogP contribution >= 0.6 is 11.8 Å². The van der Waals surface area contributed by atoms with Crippen molar-refractivity contribution in [1.29, 1.82) is 0 Å². The van der Waals surface area contributed by atoms with Crippen molar-refractivity contribution in [1.82, 2.24) is 4.90 Å². The largest absolute Gasteiger partial charge is 1.00 e. The van der Waals surface area contributed by atoms with Gasteiger partial charge in [0.15, 0.2) is 0 Å². The van der Waals surface area contributed by atoms with E-state index in [1.54, 1.807) is 0 Å². The van der Waals surface area contributed by atoms with Crippen LogP contribution in [0.4, 0.5) is 0 Å². The minimum Gasteiger partial charge on any atom is -0.543 e. The molecule has 1 N–H and O–H groups in total. The summed E-state index contributed by atoms with van der Waals surface area (Å²) in [5.41, 5.74) is -0.192. The number of hydrogen-bond donors (Lipinski definition) is 1. The molecular formula is C26H33N2NaO7S. The number of carboxylic acids is 1. The van der Waals surface area contributed by atoms with Crippen LogP contribution < -0.4 is 34.7 Å². The van der Waals surface area contributed by atoms with E-state index in [-0.39, 0.29) is 69.8 Å². The van der Waals surface area contributed by atoms with Crippen molar-refractivity contribution >= 4 is 35.8 Å². The molecule has 2 aliphatic heterocycles. The van der Waals surface area contributed by atoms with Crippen LogP contribution in [0.5, 0.6) is 5.75 Å². The zero-order valence-corrected chi connectivity index (χ0v) is 25.7. The molecule has 11 heteroatoms. The van der Waals surface area contributed by atoms with Gasteiger partial charge in [-0.2, -0.15) is 0 Å². The Balaban J connectivity index is 0.00000481. The second-order valence-corrected chi connectivity index (χ2v) is 12.1. The molecule has 0 spiro atoms. The number of phenolic OH excluding ortho intramolecular Hbond substituents is 1. The number of benzene rings is 1. The summed E-state index contributed by atoms with van der Waals surface area (Å²) < 4.78 is 10.5. The van der Waals surface area contributed by atoms with Crippen LogP contribution in [0, 0.1) is 0 Å². The SMILES string of the molecule is CO[C@@]1(N=Cc2cc(C(C)(C)C)c(O)c(C(C)(C)C)c2)C(=O)N2C(C(=O)[O-])=C(COC(C)=O)CS[C@@H]21.[Na+]. The zero-order valence-electron chi connectivity index (χ0n) is 22.9. The van der Waals surface area contributed by atoms with Crippen LogP contribution in [-0.4, -0.2) is 64.6 Å². The molecule has 1 amide bonds. The standard InChI is InChI=1S/C26H34N2O7S.Na/c1-14(29)35-12-16-13-36-23-26(34-8,22(33)28(23)19(16)21(31)32)27-11-15-9-17(24(2,3)4)20(30)18(10-15)25(5,6)7;/h9-11,23,30H,12-13H2,1-8H3,(H,31,32);/q;+1/p-1/t23-,26+;/m1./s1. The van der Waals surface area contributed by atoms with E-state index in [0.717, 1.165) is 16.0 Å². The van der Waals surface area contributed by atoms with Gasteiger partial charge in [-0.3, -0.25) is 14.5 Å². The predicted octanol–water partition coefficient (Wildman–Crippen LogP) is -0.765. The molecule has 0 radical (unpaired) electrons. The number of aliphatic imine (C=N–C) groups is 1. The van der Waals surface area contributed by atoms with E-state index < -0.39 is 28.9 Å². The van der Waals surface area contributed by atoms with Crippen molar-refractivity contribution in [3.05, 3.63) is 40.1 Å². The third-order valence-electron chi connectivity index (χ3n) is 6.19. The molecule has 1 aromatic carbocycles. The molecule has 0 unspecified atom stereocenters. The number of carboxylic acid groups (broad SMARTS) is 1. The second-order valence-electron chi connectivity index (χ2n) is 11.0. The monoisotopic (exact) mass is 540 g/mol. The Morgan fingerprint density at radius 2 is 1.76 bits per heavy atom. The number of thioether (sulfide) groups is 1. The summed E-state index contributed by atoms with van der Waals surface area (Å²) in [7, 11) is 1.35. The van der Waals surface area contributed by atoms with Crippen molar-refractivity contribution in [2.45, 2.75) is 70.4 Å². The molecule has 2 atom stereocenters. The first-order valence-corrected chi connectivity index (χ1v) is 12.6. The summed E-state index contributed by atoms with van der Waals surface area (Å²) >= 11 is 1.27. The molecular weight excluding hydrogens is 507 g/mol. The van der Waals surface area contributed by atoms with Gasteiger partial charge in [0.25, 0.3) is 11.6 Å². The van der Waals surface area contributed by atoms with Crippen LogP contribution in [0.3, 0.4) is 0 Å². The number of fused-ring (bicyclic) bond motifs is 1. The number of hydrogen-bond acceptors (Lipinski definition) is 9. The second kappa shape index (κ2) is 11.1. The molecule has 0 aliphatic carbocycles. The normalized spacial score (nSPS) is 21.9. The van der Waals surface area contributed by atoms with E-state index in [0.29, 0.717) is 5.56 Å². The van der Waals surface area contributed by atoms with Gasteiger partial charge in [-0.25, -0.2) is 4.99 Å². The molecule has 1 saturated heterocycles. The van der Waals surface area contributed by atoms with E-state index >= 15 is 0 Å². The number of nitrogens with zero attached hydrogens (tertiary/aromatic N) is 2. The number of phenols is 1. The van der Waals surface area contributed by atoms with Gasteiger partial charge in [-0.15, -0.1) is 11.8 Å². The number of carbonyl (C=O) groups is 3. The molecule has 37 heavy (non-hydrogen) atoms. The molecule has 2 heterocycles. The van der Waals surface area contributed by atoms with Crippen LogP contribution in [0.25, 0.3) is 0 Å². The van der Waals surface area contributed by atoms with Gasteiger partial charge in [0.05, 0.1) is 11.7 Å². The van der Waals surface area contributed by atoms with Crippen LogP contribution in [0.2, 0.25) is 0 Å². The Morgan fingerprint density at radius 3 is 2.19 bits per heavy atom. The fourth-order valence-electron chi connectivity index (χ4n) is 4.26. The molecule has 1 fully saturated rings. The molecule has 2 aliphatic rings. The average molecular weight is 541 g/mol. The molecule has 9 nitrogen and oxygen atoms in total. The first-order chi connectivity index (χ1) is 16.5. The van der Waals surface area contributed by atoms with Gasteiger partial charge in [0.2, 0.25) is 0 Å². The van der Waals surface area contributed by atoms with Crippen molar-refractivity contribution in [2.75, 3.05) is 19.5 Å². The third kappa shape index (κ3) is 5.93. The number of methoxy groups -OCH3 is 1. The Kier molecular flexibility index (Phi) is 9.41. The topological polar surface area (TPSA) is 129 Å². The molecule has 1 aromatic rings. The summed E-state index contributed by atoms with van der Waals surface area (Å²) in [5, 5.41) is 22.1. The van der Waals surface area contributed by atoms with E-state index in [1.807, 2.05) is 53.7 Å². The molecule has 0 bridgehead atoms. The maximum atomic E-state index is 13.3. The van der Waals surface area contributed by atoms with Gasteiger partial charge in [0.1, 0.15) is 17.7 Å². The minimum atomic E-state index is -1.62. The molecule has 0 aromatic heterocycles. The average Bonchev–Trinajstić information content (AvgIpc) is 2.76. The fraction of sp³-hybridized carbons (Fsp3) is 0.538. The van der Waals surface area contributed by atoms with Gasteiger partial charge < -0.3 is 24.5 Å². The Labute approximate surface area is 244 Å². The summed E-state index contributed by atoms with van der Waals surface area (Å²) in [4.78, 5) is 42.0. The molecule has 0 saturated carbocycles. The first kappa shape index (κ1) is 31.4. The number of rotatable bonds is 6. The van der Waals surface area contributed by atoms with E-state index in [2.05, 4.69) is 4.99 Å². The summed E-state index contributed by atoms with van der Waals surface area (Å²) in [5.74, 6) is -2.31. The van der Waals surface area contributed by atoms with Crippen LogP contribution in [0.15, 0.2) is 28.4 Å². The zero-order chi connectivity index (χ0) is 27.2. The van der Waals surface area contributed by atoms with Crippen molar-refractivity contribution in [3.8, 4) is 5.75 Å². The first-order valence-electron chi connectivity index (χ1n) is 11.5. The van der Waals surface area contributed by atoms with Gasteiger partial charge in [0, 0.05) is 42.7 Å². The quantitative estimate of drug-likeness (QED) is 0.216. The molecule has 3 rings (SSSR count). The number of ether oxygens (including phenoxy) is 2. The summed E-state index contributed by atoms with van der Waals surface area (Å²) in [6, 6.07) is 3.66. The number of β-lactam (4-membered cyclic amide) rings is 1. The number of esters is 1. The van der Waals surface area contributed by atoms with Gasteiger partial charge >= 0.3 is 35.5 Å². The Morgan fingerprint density at radius 1 is 1.22 bits per heavy atom. The van der Waals surface area contributed by atoms with E-state index in [4.69, 9.17) is 9.47 Å². The maximum absolute atomic E-state index is 13.3. The van der Waals surface area contributed by atoms with E-state index in [9.17, 15) is 24.6 Å². The summed E-state index contributed by atoms with van der Waals surface area (Å²) in [6.45, 7) is 13.0. The van der Waals surface area contributed by atoms with E-state index in [1.165, 1.54) is 32.0 Å². The molecule has 196 valence electrons. The minimum absolute atomic E-state index is 0. The van der Waals surface area contributed by atoms with Crippen molar-refractivity contribution in [3.63, 3.8) is 0 Å². The van der Waals surface area contributed by atoms with Crippen LogP contribution in [-0.2, 0) is 34.7 Å². The smallest absolute Gasteiger partial charge is 0.543 e. The number of carbonyl (C=O) groups excluding carboxylic acids is 3. The van der Waals surface area contributed by atoms with Crippen molar-refractivity contribution < 1.29 is 63.6 Å². The fourth-order valence-corrected chi connectivity index (χ4v) is 5.68. The number of aromatic hydroxyl groups is 1. The Bertz CT molecular complexity index is 1130. The van der Waals surface area contributed by atoms with Gasteiger partial charge in [-0.1, -0.05) is 41.5 Å². The third-order valence-corrected chi connectivity index (χ3v) is 7.55. The van der Waals surface area contributed by atoms with Gasteiger partial charge in [-0.05, 0) is 28.5 Å². The number of amides is 1. The van der Waals surface area contributed by atoms with Crippen LogP contribution in [0.1, 0.15) is 65.2 Å².